The first-order chi connectivity index (χ1) is 12.8. The van der Waals surface area contributed by atoms with Crippen molar-refractivity contribution in [1.82, 2.24) is 0 Å². The Bertz CT molecular complexity index is 930. The van der Waals surface area contributed by atoms with Crippen LogP contribution in [-0.4, -0.2) is 33.3 Å². The number of rotatable bonds is 0. The molecule has 0 saturated heterocycles. The molecule has 1 aromatic heterocycles. The average molecular weight is 390 g/mol. The van der Waals surface area contributed by atoms with E-state index in [4.69, 9.17) is 9.15 Å². The van der Waals surface area contributed by atoms with Crippen LogP contribution in [0.1, 0.15) is 63.8 Å². The van der Waals surface area contributed by atoms with Crippen molar-refractivity contribution in [3.63, 3.8) is 0 Å². The quantitative estimate of drug-likeness (QED) is 0.706. The minimum Gasteiger partial charge on any atom is -0.484 e. The van der Waals surface area contributed by atoms with E-state index in [1.807, 2.05) is 20.8 Å². The molecule has 1 aliphatic heterocycles. The Balaban J connectivity index is 1.93. The molecule has 154 valence electrons. The smallest absolute Gasteiger partial charge is 0.342 e. The van der Waals surface area contributed by atoms with Gasteiger partial charge < -0.3 is 19.4 Å². The highest BCUT2D eigenvalue weighted by Gasteiger charge is 2.72. The Morgan fingerprint density at radius 2 is 1.75 bits per heavy atom. The lowest BCUT2D eigenvalue weighted by Crippen LogP contribution is -2.76. The van der Waals surface area contributed by atoms with E-state index < -0.39 is 33.8 Å². The fourth-order valence-electron chi connectivity index (χ4n) is 6.20. The van der Waals surface area contributed by atoms with E-state index in [9.17, 15) is 19.8 Å². The van der Waals surface area contributed by atoms with Gasteiger partial charge in [-0.2, -0.15) is 0 Å². The summed E-state index contributed by atoms with van der Waals surface area (Å²) < 4.78 is 11.8. The molecule has 5 atom stereocenters. The predicted octanol–water partition coefficient (Wildman–Crippen LogP) is 2.46. The van der Waals surface area contributed by atoms with Gasteiger partial charge in [0.1, 0.15) is 22.9 Å². The topological polar surface area (TPSA) is 97.0 Å². The highest BCUT2D eigenvalue weighted by molar-refractivity contribution is 5.87. The number of fused-ring (bicyclic) bond motifs is 4. The summed E-state index contributed by atoms with van der Waals surface area (Å²) in [5, 5.41) is 23.0. The largest absolute Gasteiger partial charge is 0.484 e. The van der Waals surface area contributed by atoms with Gasteiger partial charge in [0.15, 0.2) is 0 Å². The van der Waals surface area contributed by atoms with E-state index >= 15 is 0 Å². The third-order valence-electron chi connectivity index (χ3n) is 8.52. The number of aryl methyl sites for hydroxylation is 1. The van der Waals surface area contributed by atoms with Crippen LogP contribution < -0.4 is 10.4 Å². The summed E-state index contributed by atoms with van der Waals surface area (Å²) in [4.78, 5) is 25.3. The molecule has 0 amide bonds. The molecule has 2 N–H and O–H groups in total. The Labute approximate surface area is 164 Å². The lowest BCUT2D eigenvalue weighted by atomic mass is 9.41. The molecule has 4 rings (SSSR count). The van der Waals surface area contributed by atoms with Gasteiger partial charge in [0.25, 0.3) is 0 Å². The Hall–Kier alpha value is -1.66. The lowest BCUT2D eigenvalue weighted by molar-refractivity contribution is -0.283. The van der Waals surface area contributed by atoms with E-state index in [2.05, 4.69) is 0 Å². The van der Waals surface area contributed by atoms with E-state index in [0.29, 0.717) is 36.3 Å². The maximum Gasteiger partial charge on any atom is 0.342 e. The molecule has 6 nitrogen and oxygen atoms in total. The third kappa shape index (κ3) is 2.05. The number of aliphatic hydroxyl groups is 2. The van der Waals surface area contributed by atoms with Crippen LogP contribution in [0.2, 0.25) is 0 Å². The van der Waals surface area contributed by atoms with E-state index in [-0.39, 0.29) is 18.1 Å². The number of hydrogen-bond acceptors (Lipinski definition) is 6. The summed E-state index contributed by atoms with van der Waals surface area (Å²) in [7, 11) is 0. The van der Waals surface area contributed by atoms with Gasteiger partial charge >= 0.3 is 5.63 Å². The van der Waals surface area contributed by atoms with Crippen LogP contribution >= 0.6 is 0 Å². The van der Waals surface area contributed by atoms with Gasteiger partial charge in [0.05, 0.1) is 22.7 Å². The van der Waals surface area contributed by atoms with Gasteiger partial charge in [-0.25, -0.2) is 4.79 Å². The lowest BCUT2D eigenvalue weighted by Gasteiger charge is -2.67. The highest BCUT2D eigenvalue weighted by atomic mass is 16.5. The van der Waals surface area contributed by atoms with Crippen LogP contribution in [0.15, 0.2) is 9.21 Å². The molecule has 5 unspecified atom stereocenters. The number of ether oxygens (including phenoxy) is 1. The molecule has 2 heterocycles. The van der Waals surface area contributed by atoms with Gasteiger partial charge in [-0.1, -0.05) is 20.8 Å². The Morgan fingerprint density at radius 3 is 2.39 bits per heavy atom. The number of hydrogen-bond donors (Lipinski definition) is 2. The van der Waals surface area contributed by atoms with Crippen molar-refractivity contribution in [3.05, 3.63) is 27.3 Å². The van der Waals surface area contributed by atoms with E-state index in [1.54, 1.807) is 20.8 Å². The molecule has 0 spiro atoms. The van der Waals surface area contributed by atoms with E-state index in [1.165, 1.54) is 0 Å². The van der Waals surface area contributed by atoms with Crippen molar-refractivity contribution in [2.24, 2.45) is 16.7 Å². The Kier molecular flexibility index (Phi) is 3.85. The molecule has 0 radical (unpaired) electrons. The first-order valence-corrected chi connectivity index (χ1v) is 10.1. The number of Topliss-reactive ketones (excluding diaryl/α,β-unsaturated/α-hetero) is 1. The summed E-state index contributed by atoms with van der Waals surface area (Å²) in [6.07, 6.45) is 0.288. The second-order valence-corrected chi connectivity index (χ2v) is 9.97. The molecule has 2 saturated carbocycles. The van der Waals surface area contributed by atoms with Gasteiger partial charge in [0.2, 0.25) is 0 Å². The van der Waals surface area contributed by atoms with Crippen LogP contribution in [-0.2, 0) is 11.2 Å². The number of ketones is 1. The SMILES string of the molecule is Cc1oc(=O)c2c(c1C)OC1(C)C(O)CC3(O)C(C)(C)C(=O)CCC3(C)C1C2. The molecular formula is C22H30O6. The fraction of sp³-hybridized carbons (Fsp3) is 0.727. The van der Waals surface area contributed by atoms with Crippen molar-refractivity contribution in [3.8, 4) is 5.75 Å². The molecule has 0 aromatic carbocycles. The number of aliphatic hydroxyl groups excluding tert-OH is 1. The van der Waals surface area contributed by atoms with Crippen molar-refractivity contribution >= 4 is 5.78 Å². The zero-order valence-electron chi connectivity index (χ0n) is 17.5. The van der Waals surface area contributed by atoms with Crippen molar-refractivity contribution < 1.29 is 24.2 Å². The van der Waals surface area contributed by atoms with Crippen LogP contribution in [0.4, 0.5) is 0 Å². The minimum atomic E-state index is -1.39. The molecule has 3 aliphatic rings. The number of carbonyl (C=O) groups excluding carboxylic acids is 1. The monoisotopic (exact) mass is 390 g/mol. The third-order valence-corrected chi connectivity index (χ3v) is 8.52. The average Bonchev–Trinajstić information content (AvgIpc) is 2.61. The summed E-state index contributed by atoms with van der Waals surface area (Å²) in [5.74, 6) is 0.667. The predicted molar refractivity (Wildman–Crippen MR) is 102 cm³/mol. The van der Waals surface area contributed by atoms with E-state index in [0.717, 1.165) is 5.56 Å². The van der Waals surface area contributed by atoms with Crippen molar-refractivity contribution in [1.29, 1.82) is 0 Å². The summed E-state index contributed by atoms with van der Waals surface area (Å²) >= 11 is 0. The molecule has 1 aromatic rings. The molecule has 28 heavy (non-hydrogen) atoms. The minimum absolute atomic E-state index is 0.00592. The van der Waals surface area contributed by atoms with Gasteiger partial charge in [-0.05, 0) is 33.6 Å². The summed E-state index contributed by atoms with van der Waals surface area (Å²) in [6, 6.07) is 0. The molecule has 2 fully saturated rings. The first kappa shape index (κ1) is 19.6. The van der Waals surface area contributed by atoms with Crippen molar-refractivity contribution in [2.75, 3.05) is 0 Å². The maximum absolute atomic E-state index is 12.7. The van der Waals surface area contributed by atoms with Crippen molar-refractivity contribution in [2.45, 2.75) is 84.5 Å². The van der Waals surface area contributed by atoms with Gasteiger partial charge in [-0.3, -0.25) is 4.79 Å². The van der Waals surface area contributed by atoms with Crippen LogP contribution in [0, 0.1) is 30.6 Å². The normalized spacial score (nSPS) is 41.5. The zero-order valence-corrected chi connectivity index (χ0v) is 17.5. The van der Waals surface area contributed by atoms with Crippen LogP contribution in [0.25, 0.3) is 0 Å². The maximum atomic E-state index is 12.7. The zero-order chi connectivity index (χ0) is 20.9. The molecule has 6 heteroatoms. The standard InChI is InChI=1S/C22H30O6/c1-11-12(2)27-18(25)13-9-14-20(5)8-7-15(23)19(3,4)22(20,26)10-16(24)21(14,6)28-17(11)13/h14,16,24,26H,7-10H2,1-6H3. The van der Waals surface area contributed by atoms with Crippen LogP contribution in [0.5, 0.6) is 5.75 Å². The summed E-state index contributed by atoms with van der Waals surface area (Å²) in [5.41, 5.74) is -3.25. The van der Waals surface area contributed by atoms with Gasteiger partial charge in [0, 0.05) is 29.7 Å². The molecular weight excluding hydrogens is 360 g/mol. The second-order valence-electron chi connectivity index (χ2n) is 9.97. The number of carbonyl (C=O) groups is 1. The first-order valence-electron chi connectivity index (χ1n) is 10.1. The highest BCUT2D eigenvalue weighted by Crippen LogP contribution is 2.65. The van der Waals surface area contributed by atoms with Crippen LogP contribution in [0.3, 0.4) is 0 Å². The molecule has 2 aliphatic carbocycles. The molecule has 0 bridgehead atoms. The summed E-state index contributed by atoms with van der Waals surface area (Å²) in [6.45, 7) is 10.9. The Morgan fingerprint density at radius 1 is 1.11 bits per heavy atom. The van der Waals surface area contributed by atoms with Gasteiger partial charge in [-0.15, -0.1) is 0 Å². The fourth-order valence-corrected chi connectivity index (χ4v) is 6.20. The second kappa shape index (κ2) is 5.48.